The van der Waals surface area contributed by atoms with Crippen LogP contribution in [-0.4, -0.2) is 31.6 Å². The molecule has 4 rings (SSSR count). The Morgan fingerprint density at radius 1 is 1.11 bits per heavy atom. The Balaban J connectivity index is 1.45. The highest BCUT2D eigenvalue weighted by Crippen LogP contribution is 2.36. The van der Waals surface area contributed by atoms with Gasteiger partial charge in [0.1, 0.15) is 13.2 Å². The predicted molar refractivity (Wildman–Crippen MR) is 97.7 cm³/mol. The molecule has 0 spiro atoms. The summed E-state index contributed by atoms with van der Waals surface area (Å²) in [7, 11) is 0. The van der Waals surface area contributed by atoms with Crippen LogP contribution in [0, 0.1) is 17.2 Å². The highest BCUT2D eigenvalue weighted by Gasteiger charge is 2.35. The molecule has 27 heavy (non-hydrogen) atoms. The van der Waals surface area contributed by atoms with Gasteiger partial charge in [-0.25, -0.2) is 0 Å². The molecule has 7 nitrogen and oxygen atoms in total. The quantitative estimate of drug-likeness (QED) is 0.904. The van der Waals surface area contributed by atoms with Gasteiger partial charge in [-0.3, -0.25) is 9.59 Å². The summed E-state index contributed by atoms with van der Waals surface area (Å²) in [6.07, 6.45) is 0.149. The lowest BCUT2D eigenvalue weighted by Gasteiger charge is -2.22. The molecule has 0 radical (unpaired) electrons. The molecule has 0 aromatic heterocycles. The second kappa shape index (κ2) is 7.00. The molecule has 2 aliphatic rings. The summed E-state index contributed by atoms with van der Waals surface area (Å²) in [5.41, 5.74) is 1.82. The first-order chi connectivity index (χ1) is 13.1. The molecule has 2 amide bonds. The Kier molecular flexibility index (Phi) is 4.38. The van der Waals surface area contributed by atoms with Crippen molar-refractivity contribution in [3.63, 3.8) is 0 Å². The van der Waals surface area contributed by atoms with E-state index in [1.807, 2.05) is 6.07 Å². The first-order valence-corrected chi connectivity index (χ1v) is 8.65. The van der Waals surface area contributed by atoms with Crippen LogP contribution in [-0.2, 0) is 9.59 Å². The average molecular weight is 363 g/mol. The van der Waals surface area contributed by atoms with Crippen LogP contribution >= 0.6 is 0 Å². The number of fused-ring (bicyclic) bond motifs is 1. The summed E-state index contributed by atoms with van der Waals surface area (Å²) in [6.45, 7) is 1.28. The van der Waals surface area contributed by atoms with Gasteiger partial charge in [-0.15, -0.1) is 0 Å². The van der Waals surface area contributed by atoms with Crippen LogP contribution in [0.3, 0.4) is 0 Å². The van der Waals surface area contributed by atoms with E-state index in [9.17, 15) is 9.59 Å². The van der Waals surface area contributed by atoms with Gasteiger partial charge in [0.05, 0.1) is 17.6 Å². The molecule has 1 atom stereocenters. The molecule has 1 fully saturated rings. The van der Waals surface area contributed by atoms with E-state index >= 15 is 0 Å². The first-order valence-electron chi connectivity index (χ1n) is 8.65. The van der Waals surface area contributed by atoms with Crippen molar-refractivity contribution in [1.82, 2.24) is 0 Å². The molecule has 1 saturated heterocycles. The van der Waals surface area contributed by atoms with E-state index in [0.717, 1.165) is 0 Å². The lowest BCUT2D eigenvalue weighted by atomic mass is 10.1. The fourth-order valence-corrected chi connectivity index (χ4v) is 3.21. The summed E-state index contributed by atoms with van der Waals surface area (Å²) >= 11 is 0. The molecule has 0 bridgehead atoms. The summed E-state index contributed by atoms with van der Waals surface area (Å²) in [5, 5.41) is 11.6. The number of nitriles is 1. The molecule has 0 saturated carbocycles. The molecule has 7 heteroatoms. The molecule has 2 heterocycles. The van der Waals surface area contributed by atoms with Crippen LogP contribution in [0.2, 0.25) is 0 Å². The zero-order valence-electron chi connectivity index (χ0n) is 14.5. The van der Waals surface area contributed by atoms with Gasteiger partial charge >= 0.3 is 0 Å². The summed E-state index contributed by atoms with van der Waals surface area (Å²) in [5.74, 6) is 0.505. The van der Waals surface area contributed by atoms with Gasteiger partial charge in [-0.05, 0) is 36.4 Å². The van der Waals surface area contributed by atoms with E-state index in [1.165, 1.54) is 0 Å². The minimum Gasteiger partial charge on any atom is -0.486 e. The minimum absolute atomic E-state index is 0.105. The number of carbonyl (C=O) groups is 2. The second-order valence-electron chi connectivity index (χ2n) is 6.41. The topological polar surface area (TPSA) is 91.7 Å². The van der Waals surface area contributed by atoms with Crippen molar-refractivity contribution in [2.24, 2.45) is 5.92 Å². The lowest BCUT2D eigenvalue weighted by Crippen LogP contribution is -2.28. The number of hydrogen-bond acceptors (Lipinski definition) is 5. The van der Waals surface area contributed by atoms with E-state index in [-0.39, 0.29) is 18.2 Å². The third-order valence-electron chi connectivity index (χ3n) is 4.61. The van der Waals surface area contributed by atoms with Crippen LogP contribution in [0.4, 0.5) is 11.4 Å². The van der Waals surface area contributed by atoms with Crippen LogP contribution in [0.15, 0.2) is 42.5 Å². The Morgan fingerprint density at radius 2 is 1.85 bits per heavy atom. The summed E-state index contributed by atoms with van der Waals surface area (Å²) in [6, 6.07) is 14.0. The molecule has 2 aliphatic heterocycles. The molecule has 0 unspecified atom stereocenters. The Bertz CT molecular complexity index is 933. The highest BCUT2D eigenvalue weighted by atomic mass is 16.6. The standard InChI is InChI=1S/C20H17N3O4/c21-11-13-1-3-15(4-2-13)22-20(25)14-9-19(24)23(12-14)16-5-6-17-18(10-16)27-8-7-26-17/h1-6,10,14H,7-9,12H2,(H,22,25)/t14-/m1/s1. The predicted octanol–water partition coefficient (Wildman–Crippen LogP) is 2.32. The minimum atomic E-state index is -0.443. The zero-order chi connectivity index (χ0) is 18.8. The Labute approximate surface area is 156 Å². The number of rotatable bonds is 3. The molecular formula is C20H17N3O4. The van der Waals surface area contributed by atoms with Crippen molar-refractivity contribution >= 4 is 23.2 Å². The molecule has 0 aliphatic carbocycles. The largest absolute Gasteiger partial charge is 0.486 e. The maximum atomic E-state index is 12.5. The van der Waals surface area contributed by atoms with Crippen LogP contribution < -0.4 is 19.7 Å². The van der Waals surface area contributed by atoms with E-state index in [2.05, 4.69) is 5.32 Å². The van der Waals surface area contributed by atoms with E-state index in [4.69, 9.17) is 14.7 Å². The highest BCUT2D eigenvalue weighted by molar-refractivity contribution is 6.03. The smallest absolute Gasteiger partial charge is 0.229 e. The van der Waals surface area contributed by atoms with Crippen molar-refractivity contribution in [1.29, 1.82) is 5.26 Å². The number of benzene rings is 2. The number of anilines is 2. The third kappa shape index (κ3) is 3.42. The van der Waals surface area contributed by atoms with Gasteiger partial charge in [0.15, 0.2) is 11.5 Å². The van der Waals surface area contributed by atoms with Crippen molar-refractivity contribution < 1.29 is 19.1 Å². The van der Waals surface area contributed by atoms with Crippen molar-refractivity contribution in [3.8, 4) is 17.6 Å². The fraction of sp³-hybridized carbons (Fsp3) is 0.250. The lowest BCUT2D eigenvalue weighted by molar-refractivity contribution is -0.122. The van der Waals surface area contributed by atoms with Gasteiger partial charge in [-0.1, -0.05) is 0 Å². The first kappa shape index (κ1) is 16.9. The second-order valence-corrected chi connectivity index (χ2v) is 6.41. The average Bonchev–Trinajstić information content (AvgIpc) is 3.10. The Morgan fingerprint density at radius 3 is 2.59 bits per heavy atom. The molecule has 136 valence electrons. The fourth-order valence-electron chi connectivity index (χ4n) is 3.21. The van der Waals surface area contributed by atoms with Crippen LogP contribution in [0.5, 0.6) is 11.5 Å². The number of hydrogen-bond donors (Lipinski definition) is 1. The van der Waals surface area contributed by atoms with Gasteiger partial charge < -0.3 is 19.7 Å². The van der Waals surface area contributed by atoms with E-state index in [0.29, 0.717) is 48.2 Å². The summed E-state index contributed by atoms with van der Waals surface area (Å²) < 4.78 is 11.1. The van der Waals surface area contributed by atoms with Gasteiger partial charge in [0.2, 0.25) is 11.8 Å². The Hall–Kier alpha value is -3.53. The van der Waals surface area contributed by atoms with Crippen molar-refractivity contribution in [2.75, 3.05) is 30.0 Å². The third-order valence-corrected chi connectivity index (χ3v) is 4.61. The normalized spacial score (nSPS) is 18.1. The number of nitrogens with zero attached hydrogens (tertiary/aromatic N) is 2. The van der Waals surface area contributed by atoms with Crippen molar-refractivity contribution in [2.45, 2.75) is 6.42 Å². The van der Waals surface area contributed by atoms with Gasteiger partial charge in [0, 0.05) is 30.4 Å². The number of amides is 2. The molecular weight excluding hydrogens is 346 g/mol. The molecule has 1 N–H and O–H groups in total. The van der Waals surface area contributed by atoms with Crippen LogP contribution in [0.25, 0.3) is 0 Å². The maximum absolute atomic E-state index is 12.5. The molecule has 2 aromatic rings. The maximum Gasteiger partial charge on any atom is 0.229 e. The molecule has 2 aromatic carbocycles. The van der Waals surface area contributed by atoms with Gasteiger partial charge in [-0.2, -0.15) is 5.26 Å². The summed E-state index contributed by atoms with van der Waals surface area (Å²) in [4.78, 5) is 26.6. The van der Waals surface area contributed by atoms with Gasteiger partial charge in [0.25, 0.3) is 0 Å². The SMILES string of the molecule is N#Cc1ccc(NC(=O)[C@@H]2CC(=O)N(c3ccc4c(c3)OCCO4)C2)cc1. The van der Waals surface area contributed by atoms with Crippen molar-refractivity contribution in [3.05, 3.63) is 48.0 Å². The monoisotopic (exact) mass is 363 g/mol. The van der Waals surface area contributed by atoms with Crippen LogP contribution in [0.1, 0.15) is 12.0 Å². The number of carbonyl (C=O) groups excluding carboxylic acids is 2. The van der Waals surface area contributed by atoms with E-state index < -0.39 is 5.92 Å². The van der Waals surface area contributed by atoms with E-state index in [1.54, 1.807) is 47.4 Å². The zero-order valence-corrected chi connectivity index (χ0v) is 14.5. The number of ether oxygens (including phenoxy) is 2. The number of nitrogens with one attached hydrogen (secondary N) is 1.